The summed E-state index contributed by atoms with van der Waals surface area (Å²) < 4.78 is 0. The van der Waals surface area contributed by atoms with E-state index in [0.29, 0.717) is 0 Å². The lowest BCUT2D eigenvalue weighted by molar-refractivity contribution is -0.121. The number of rotatable bonds is 2. The molecular formula is C7H10N6O. The van der Waals surface area contributed by atoms with Crippen LogP contribution in [-0.2, 0) is 11.8 Å². The zero-order valence-electron chi connectivity index (χ0n) is 8.14. The van der Waals surface area contributed by atoms with Crippen molar-refractivity contribution in [3.63, 3.8) is 0 Å². The maximum atomic E-state index is 11.4. The lowest BCUT2D eigenvalue weighted by atomic mass is 9.95. The molecule has 1 aromatic heterocycles. The number of nitrogens with one attached hydrogen (secondary N) is 1. The summed E-state index contributed by atoms with van der Waals surface area (Å²) >= 11 is 0. The Bertz CT molecular complexity index is 387. The first-order valence-corrected chi connectivity index (χ1v) is 3.92. The maximum absolute atomic E-state index is 11.4. The minimum absolute atomic E-state index is 0.0980. The molecule has 1 rings (SSSR count). The summed E-state index contributed by atoms with van der Waals surface area (Å²) in [7, 11) is 1.58. The van der Waals surface area contributed by atoms with Gasteiger partial charge in [0.15, 0.2) is 0 Å². The van der Waals surface area contributed by atoms with Crippen molar-refractivity contribution in [1.29, 1.82) is 5.26 Å². The summed E-state index contributed by atoms with van der Waals surface area (Å²) in [5.41, 5.74) is -1.10. The van der Waals surface area contributed by atoms with Gasteiger partial charge in [-0.2, -0.15) is 10.1 Å². The van der Waals surface area contributed by atoms with E-state index < -0.39 is 11.3 Å². The summed E-state index contributed by atoms with van der Waals surface area (Å²) in [6.07, 6.45) is 0. The number of aromatic nitrogens is 4. The Morgan fingerprint density at radius 3 is 2.71 bits per heavy atom. The Morgan fingerprint density at radius 2 is 2.29 bits per heavy atom. The van der Waals surface area contributed by atoms with Crippen molar-refractivity contribution in [2.24, 2.45) is 12.5 Å². The molecule has 0 spiro atoms. The van der Waals surface area contributed by atoms with Gasteiger partial charge in [0.1, 0.15) is 5.41 Å². The normalized spacial score (nSPS) is 10.7. The smallest absolute Gasteiger partial charge is 0.270 e. The minimum atomic E-state index is -1.10. The quantitative estimate of drug-likeness (QED) is 0.697. The average Bonchev–Trinajstić information content (AvgIpc) is 2.51. The van der Waals surface area contributed by atoms with Crippen molar-refractivity contribution in [2.75, 3.05) is 5.32 Å². The van der Waals surface area contributed by atoms with Crippen LogP contribution in [0, 0.1) is 16.7 Å². The highest BCUT2D eigenvalue weighted by Crippen LogP contribution is 2.14. The first-order chi connectivity index (χ1) is 6.45. The van der Waals surface area contributed by atoms with Crippen molar-refractivity contribution in [1.82, 2.24) is 20.2 Å². The first kappa shape index (κ1) is 10.1. The number of hydrogen-bond donors (Lipinski definition) is 1. The zero-order chi connectivity index (χ0) is 10.8. The Hall–Kier alpha value is -1.97. The van der Waals surface area contributed by atoms with Crippen molar-refractivity contribution in [2.45, 2.75) is 13.8 Å². The van der Waals surface area contributed by atoms with Gasteiger partial charge in [0, 0.05) is 0 Å². The molecule has 7 nitrogen and oxygen atoms in total. The second kappa shape index (κ2) is 3.41. The van der Waals surface area contributed by atoms with Gasteiger partial charge in [-0.25, -0.2) is 0 Å². The van der Waals surface area contributed by atoms with Gasteiger partial charge in [-0.1, -0.05) is 5.10 Å². The van der Waals surface area contributed by atoms with Crippen molar-refractivity contribution in [3.8, 4) is 6.07 Å². The summed E-state index contributed by atoms with van der Waals surface area (Å²) in [6.45, 7) is 3.03. The Kier molecular flexibility index (Phi) is 2.47. The highest BCUT2D eigenvalue weighted by molar-refractivity contribution is 5.95. The van der Waals surface area contributed by atoms with E-state index in [-0.39, 0.29) is 5.95 Å². The average molecular weight is 194 g/mol. The third-order valence-corrected chi connectivity index (χ3v) is 1.58. The largest absolute Gasteiger partial charge is 0.290 e. The molecule has 0 bridgehead atoms. The lowest BCUT2D eigenvalue weighted by Gasteiger charge is -2.12. The molecule has 0 saturated heterocycles. The second-order valence-electron chi connectivity index (χ2n) is 3.29. The predicted octanol–water partition coefficient (Wildman–Crippen LogP) is -0.302. The van der Waals surface area contributed by atoms with Gasteiger partial charge in [-0.05, 0) is 19.1 Å². The van der Waals surface area contributed by atoms with Crippen LogP contribution in [0.2, 0.25) is 0 Å². The molecule has 7 heteroatoms. The molecule has 1 heterocycles. The van der Waals surface area contributed by atoms with Crippen LogP contribution in [0.4, 0.5) is 5.95 Å². The molecule has 1 aromatic rings. The topological polar surface area (TPSA) is 96.5 Å². The van der Waals surface area contributed by atoms with Gasteiger partial charge >= 0.3 is 0 Å². The van der Waals surface area contributed by atoms with Crippen LogP contribution in [0.1, 0.15) is 13.8 Å². The predicted molar refractivity (Wildman–Crippen MR) is 46.8 cm³/mol. The number of nitriles is 1. The highest BCUT2D eigenvalue weighted by Gasteiger charge is 2.28. The van der Waals surface area contributed by atoms with Gasteiger partial charge in [-0.15, -0.1) is 5.10 Å². The maximum Gasteiger partial charge on any atom is 0.270 e. The van der Waals surface area contributed by atoms with E-state index in [9.17, 15) is 4.79 Å². The van der Waals surface area contributed by atoms with Gasteiger partial charge in [0.2, 0.25) is 5.91 Å². The number of amides is 1. The second-order valence-corrected chi connectivity index (χ2v) is 3.29. The standard InChI is InChI=1S/C7H10N6O/c1-7(2,4-8)5(14)9-6-10-12-13(3)11-6/h1-3H3,(H,9,11,14). The molecule has 0 fully saturated rings. The molecule has 0 aliphatic rings. The molecule has 0 radical (unpaired) electrons. The van der Waals surface area contributed by atoms with Crippen LogP contribution < -0.4 is 5.32 Å². The van der Waals surface area contributed by atoms with E-state index in [1.807, 2.05) is 6.07 Å². The summed E-state index contributed by atoms with van der Waals surface area (Å²) in [5, 5.41) is 21.9. The van der Waals surface area contributed by atoms with E-state index >= 15 is 0 Å². The van der Waals surface area contributed by atoms with Crippen molar-refractivity contribution < 1.29 is 4.79 Å². The van der Waals surface area contributed by atoms with E-state index in [1.165, 1.54) is 18.6 Å². The van der Waals surface area contributed by atoms with Gasteiger partial charge in [0.05, 0.1) is 13.1 Å². The highest BCUT2D eigenvalue weighted by atomic mass is 16.2. The molecule has 0 unspecified atom stereocenters. The Labute approximate surface area is 80.7 Å². The number of hydrogen-bond acceptors (Lipinski definition) is 5. The van der Waals surface area contributed by atoms with Crippen molar-refractivity contribution in [3.05, 3.63) is 0 Å². The van der Waals surface area contributed by atoms with Crippen LogP contribution >= 0.6 is 0 Å². The SMILES string of the molecule is Cn1nnc(NC(=O)C(C)(C)C#N)n1. The Morgan fingerprint density at radius 1 is 1.64 bits per heavy atom. The molecule has 0 aromatic carbocycles. The number of nitrogens with zero attached hydrogens (tertiary/aromatic N) is 5. The summed E-state index contributed by atoms with van der Waals surface area (Å²) in [6, 6.07) is 1.87. The fraction of sp³-hybridized carbons (Fsp3) is 0.571. The van der Waals surface area contributed by atoms with E-state index in [4.69, 9.17) is 5.26 Å². The number of tetrazole rings is 1. The molecule has 1 N–H and O–H groups in total. The molecule has 1 amide bonds. The third kappa shape index (κ3) is 2.04. The van der Waals surface area contributed by atoms with Crippen LogP contribution in [0.25, 0.3) is 0 Å². The fourth-order valence-electron chi connectivity index (χ4n) is 0.643. The number of carbonyl (C=O) groups excluding carboxylic acids is 1. The van der Waals surface area contributed by atoms with Gasteiger partial charge in [0.25, 0.3) is 5.95 Å². The zero-order valence-corrected chi connectivity index (χ0v) is 8.14. The lowest BCUT2D eigenvalue weighted by Crippen LogP contribution is -2.29. The van der Waals surface area contributed by atoms with E-state index in [0.717, 1.165) is 0 Å². The monoisotopic (exact) mass is 194 g/mol. The van der Waals surface area contributed by atoms with Crippen molar-refractivity contribution >= 4 is 11.9 Å². The molecule has 0 aliphatic heterocycles. The third-order valence-electron chi connectivity index (χ3n) is 1.58. The summed E-state index contributed by atoms with van der Waals surface area (Å²) in [4.78, 5) is 12.6. The van der Waals surface area contributed by atoms with Crippen LogP contribution in [-0.4, -0.2) is 26.1 Å². The molecular weight excluding hydrogens is 184 g/mol. The number of aryl methyl sites for hydroxylation is 1. The van der Waals surface area contributed by atoms with Crippen LogP contribution in [0.5, 0.6) is 0 Å². The van der Waals surface area contributed by atoms with E-state index in [1.54, 1.807) is 7.05 Å². The molecule has 74 valence electrons. The minimum Gasteiger partial charge on any atom is -0.290 e. The molecule has 14 heavy (non-hydrogen) atoms. The number of carbonyl (C=O) groups is 1. The Balaban J connectivity index is 2.72. The number of anilines is 1. The molecule has 0 saturated carbocycles. The molecule has 0 aliphatic carbocycles. The molecule has 0 atom stereocenters. The summed E-state index contributed by atoms with van der Waals surface area (Å²) in [5.74, 6) is -0.353. The fourth-order valence-corrected chi connectivity index (χ4v) is 0.643. The van der Waals surface area contributed by atoms with E-state index in [2.05, 4.69) is 20.7 Å². The van der Waals surface area contributed by atoms with Gasteiger partial charge in [-0.3, -0.25) is 10.1 Å². The first-order valence-electron chi connectivity index (χ1n) is 3.92. The van der Waals surface area contributed by atoms with Crippen LogP contribution in [0.15, 0.2) is 0 Å². The van der Waals surface area contributed by atoms with Crippen LogP contribution in [0.3, 0.4) is 0 Å². The van der Waals surface area contributed by atoms with Gasteiger partial charge < -0.3 is 0 Å².